The van der Waals surface area contributed by atoms with Crippen molar-refractivity contribution in [3.63, 3.8) is 0 Å². The number of nitrogens with one attached hydrogen (secondary N) is 1. The van der Waals surface area contributed by atoms with Gasteiger partial charge in [-0.05, 0) is 23.8 Å². The summed E-state index contributed by atoms with van der Waals surface area (Å²) in [5.74, 6) is 0.346. The molecule has 0 aliphatic heterocycles. The number of rotatable bonds is 5. The number of nitrogens with two attached hydrogens (primary N) is 1. The molecular formula is C16H18Cl2N2O2. The number of furan rings is 1. The second-order valence-corrected chi connectivity index (χ2v) is 6.48. The number of amides is 1. The number of halogens is 2. The Labute approximate surface area is 139 Å². The van der Waals surface area contributed by atoms with Gasteiger partial charge in [0, 0.05) is 22.0 Å². The molecule has 2 rings (SSSR count). The minimum atomic E-state index is -0.411. The summed E-state index contributed by atoms with van der Waals surface area (Å²) in [6.45, 7) is 4.59. The van der Waals surface area contributed by atoms with E-state index in [4.69, 9.17) is 33.4 Å². The molecule has 2 aromatic rings. The van der Waals surface area contributed by atoms with E-state index in [1.807, 2.05) is 13.8 Å². The fourth-order valence-corrected chi connectivity index (χ4v) is 3.15. The van der Waals surface area contributed by atoms with Crippen molar-refractivity contribution in [3.05, 3.63) is 57.5 Å². The van der Waals surface area contributed by atoms with Crippen molar-refractivity contribution < 1.29 is 9.21 Å². The topological polar surface area (TPSA) is 68.3 Å². The molecule has 3 N–H and O–H groups in total. The Bertz CT molecular complexity index is 660. The minimum absolute atomic E-state index is 0.222. The van der Waals surface area contributed by atoms with Crippen molar-refractivity contribution in [1.82, 2.24) is 5.32 Å². The molecule has 1 heterocycles. The molecule has 0 saturated carbocycles. The maximum absolute atomic E-state index is 12.1. The van der Waals surface area contributed by atoms with Crippen LogP contribution in [0.3, 0.4) is 0 Å². The Kier molecular flexibility index (Phi) is 5.16. The molecule has 0 bridgehead atoms. The van der Waals surface area contributed by atoms with Crippen LogP contribution in [0.4, 0.5) is 0 Å². The first-order valence-corrected chi connectivity index (χ1v) is 7.61. The summed E-state index contributed by atoms with van der Waals surface area (Å²) in [4.78, 5) is 12.1. The molecular weight excluding hydrogens is 323 g/mol. The summed E-state index contributed by atoms with van der Waals surface area (Å²) in [7, 11) is 0. The third-order valence-electron chi connectivity index (χ3n) is 3.45. The molecule has 0 fully saturated rings. The lowest BCUT2D eigenvalue weighted by Crippen LogP contribution is -2.37. The minimum Gasteiger partial charge on any atom is -0.467 e. The largest absolute Gasteiger partial charge is 0.467 e. The van der Waals surface area contributed by atoms with Crippen LogP contribution in [-0.2, 0) is 12.0 Å². The summed E-state index contributed by atoms with van der Waals surface area (Å²) in [6.07, 6.45) is 1.40. The standard InChI is InChI=1S/C16H18Cl2N2O2/c1-16(2,14-12(17)4-3-5-13(14)18)9-20-15(21)10-6-11(7-19)22-8-10/h3-6,8H,7,9,19H2,1-2H3,(H,20,21). The molecule has 118 valence electrons. The molecule has 6 heteroatoms. The first-order chi connectivity index (χ1) is 10.3. The normalized spacial score (nSPS) is 11.5. The Balaban J connectivity index is 2.11. The van der Waals surface area contributed by atoms with Crippen molar-refractivity contribution in [2.45, 2.75) is 25.8 Å². The van der Waals surface area contributed by atoms with Crippen LogP contribution in [-0.4, -0.2) is 12.5 Å². The van der Waals surface area contributed by atoms with Crippen molar-refractivity contribution >= 4 is 29.1 Å². The van der Waals surface area contributed by atoms with E-state index >= 15 is 0 Å². The quantitative estimate of drug-likeness (QED) is 0.870. The van der Waals surface area contributed by atoms with E-state index in [9.17, 15) is 4.79 Å². The Morgan fingerprint density at radius 3 is 2.50 bits per heavy atom. The van der Waals surface area contributed by atoms with Gasteiger partial charge in [0.05, 0.1) is 12.1 Å². The van der Waals surface area contributed by atoms with Gasteiger partial charge in [0.25, 0.3) is 5.91 Å². The van der Waals surface area contributed by atoms with Crippen molar-refractivity contribution in [1.29, 1.82) is 0 Å². The Morgan fingerprint density at radius 2 is 1.95 bits per heavy atom. The third-order valence-corrected chi connectivity index (χ3v) is 4.08. The average Bonchev–Trinajstić information content (AvgIpc) is 2.93. The van der Waals surface area contributed by atoms with Crippen LogP contribution in [0.15, 0.2) is 34.9 Å². The molecule has 0 radical (unpaired) electrons. The number of hydrogen-bond donors (Lipinski definition) is 2. The second-order valence-electron chi connectivity index (χ2n) is 5.67. The first kappa shape index (κ1) is 16.9. The summed E-state index contributed by atoms with van der Waals surface area (Å²) in [5, 5.41) is 4.04. The average molecular weight is 341 g/mol. The van der Waals surface area contributed by atoms with Crippen LogP contribution < -0.4 is 11.1 Å². The molecule has 0 saturated heterocycles. The first-order valence-electron chi connectivity index (χ1n) is 6.85. The molecule has 1 aromatic heterocycles. The molecule has 0 aliphatic rings. The number of carbonyl (C=O) groups excluding carboxylic acids is 1. The Hall–Kier alpha value is -1.49. The predicted octanol–water partition coefficient (Wildman–Crippen LogP) is 3.75. The highest BCUT2D eigenvalue weighted by atomic mass is 35.5. The summed E-state index contributed by atoms with van der Waals surface area (Å²) in [6, 6.07) is 7.00. The lowest BCUT2D eigenvalue weighted by atomic mass is 9.84. The van der Waals surface area contributed by atoms with Gasteiger partial charge in [-0.15, -0.1) is 0 Å². The number of hydrogen-bond acceptors (Lipinski definition) is 3. The van der Waals surface area contributed by atoms with Gasteiger partial charge in [-0.2, -0.15) is 0 Å². The van der Waals surface area contributed by atoms with Gasteiger partial charge in [-0.3, -0.25) is 4.79 Å². The zero-order valence-corrected chi connectivity index (χ0v) is 14.0. The highest BCUT2D eigenvalue weighted by Gasteiger charge is 2.27. The van der Waals surface area contributed by atoms with Crippen molar-refractivity contribution in [2.24, 2.45) is 5.73 Å². The smallest absolute Gasteiger partial charge is 0.254 e. The molecule has 0 unspecified atom stereocenters. The van der Waals surface area contributed by atoms with Crippen molar-refractivity contribution in [3.8, 4) is 0 Å². The Morgan fingerprint density at radius 1 is 1.32 bits per heavy atom. The lowest BCUT2D eigenvalue weighted by Gasteiger charge is -2.27. The van der Waals surface area contributed by atoms with Gasteiger partial charge in [-0.1, -0.05) is 43.1 Å². The highest BCUT2D eigenvalue weighted by Crippen LogP contribution is 2.35. The summed E-state index contributed by atoms with van der Waals surface area (Å²) in [5.41, 5.74) is 6.31. The molecule has 0 atom stereocenters. The van der Waals surface area contributed by atoms with Gasteiger partial charge >= 0.3 is 0 Å². The van der Waals surface area contributed by atoms with Gasteiger partial charge in [0.2, 0.25) is 0 Å². The summed E-state index contributed by atoms with van der Waals surface area (Å²) >= 11 is 12.5. The monoisotopic (exact) mass is 340 g/mol. The molecule has 1 aromatic carbocycles. The van der Waals surface area contributed by atoms with E-state index in [-0.39, 0.29) is 12.5 Å². The van der Waals surface area contributed by atoms with Gasteiger partial charge in [0.15, 0.2) is 0 Å². The van der Waals surface area contributed by atoms with Gasteiger partial charge < -0.3 is 15.5 Å². The van der Waals surface area contributed by atoms with E-state index in [0.717, 1.165) is 5.56 Å². The highest BCUT2D eigenvalue weighted by molar-refractivity contribution is 6.36. The second kappa shape index (κ2) is 6.73. The zero-order valence-electron chi connectivity index (χ0n) is 12.5. The maximum Gasteiger partial charge on any atom is 0.254 e. The SMILES string of the molecule is CC(C)(CNC(=O)c1coc(CN)c1)c1c(Cl)cccc1Cl. The van der Waals surface area contributed by atoms with E-state index in [0.29, 0.717) is 27.9 Å². The van der Waals surface area contributed by atoms with E-state index in [1.165, 1.54) is 6.26 Å². The van der Waals surface area contributed by atoms with E-state index in [1.54, 1.807) is 24.3 Å². The molecule has 1 amide bonds. The van der Waals surface area contributed by atoms with Crippen LogP contribution in [0.25, 0.3) is 0 Å². The van der Waals surface area contributed by atoms with Crippen LogP contribution in [0.2, 0.25) is 10.0 Å². The third kappa shape index (κ3) is 3.64. The van der Waals surface area contributed by atoms with Gasteiger partial charge in [-0.25, -0.2) is 0 Å². The lowest BCUT2D eigenvalue weighted by molar-refractivity contribution is 0.0945. The van der Waals surface area contributed by atoms with E-state index in [2.05, 4.69) is 5.32 Å². The van der Waals surface area contributed by atoms with Crippen molar-refractivity contribution in [2.75, 3.05) is 6.54 Å². The van der Waals surface area contributed by atoms with Crippen LogP contribution >= 0.6 is 23.2 Å². The molecule has 0 aliphatic carbocycles. The van der Waals surface area contributed by atoms with Crippen LogP contribution in [0, 0.1) is 0 Å². The summed E-state index contributed by atoms with van der Waals surface area (Å²) < 4.78 is 5.16. The van der Waals surface area contributed by atoms with Crippen LogP contribution in [0.5, 0.6) is 0 Å². The number of carbonyl (C=O) groups is 1. The van der Waals surface area contributed by atoms with Gasteiger partial charge in [0.1, 0.15) is 12.0 Å². The van der Waals surface area contributed by atoms with E-state index < -0.39 is 5.41 Å². The molecule has 0 spiro atoms. The fraction of sp³-hybridized carbons (Fsp3) is 0.312. The van der Waals surface area contributed by atoms with Crippen LogP contribution in [0.1, 0.15) is 35.5 Å². The fourth-order valence-electron chi connectivity index (χ4n) is 2.24. The maximum atomic E-state index is 12.1. The molecule has 4 nitrogen and oxygen atoms in total. The zero-order chi connectivity index (χ0) is 16.3. The predicted molar refractivity (Wildman–Crippen MR) is 88.4 cm³/mol. The number of benzene rings is 1. The molecule has 22 heavy (non-hydrogen) atoms.